The lowest BCUT2D eigenvalue weighted by Gasteiger charge is -2.06. The van der Waals surface area contributed by atoms with E-state index in [1.165, 1.54) is 103 Å². The summed E-state index contributed by atoms with van der Waals surface area (Å²) in [5.41, 5.74) is 6.08. The Hall–Kier alpha value is -1.72. The third kappa shape index (κ3) is 14.1. The molecule has 0 atom stereocenters. The molecule has 6 heteroatoms. The van der Waals surface area contributed by atoms with Gasteiger partial charge in [-0.05, 0) is 13.3 Å². The molecule has 0 spiro atoms. The minimum absolute atomic E-state index is 0.00731. The average molecular weight is 437 g/mol. The summed E-state index contributed by atoms with van der Waals surface area (Å²) in [4.78, 5) is 8.39. The summed E-state index contributed by atoms with van der Waals surface area (Å²) in [5, 5.41) is 9.91. The van der Waals surface area contributed by atoms with E-state index in [1.807, 2.05) is 6.92 Å². The van der Waals surface area contributed by atoms with Crippen molar-refractivity contribution in [1.82, 2.24) is 9.71 Å². The number of nitrogen functional groups attached to an aromatic ring is 1. The summed E-state index contributed by atoms with van der Waals surface area (Å²) in [7, 11) is 0. The maximum Gasteiger partial charge on any atom is 0.239 e. The summed E-state index contributed by atoms with van der Waals surface area (Å²) < 4.78 is 6.16. The Morgan fingerprint density at radius 2 is 1.26 bits per heavy atom. The van der Waals surface area contributed by atoms with Crippen LogP contribution >= 0.6 is 0 Å². The number of hydrogen-bond donors (Lipinski definition) is 2. The van der Waals surface area contributed by atoms with Gasteiger partial charge in [0, 0.05) is 12.6 Å². The summed E-state index contributed by atoms with van der Waals surface area (Å²) in [6.45, 7) is 5.34. The third-order valence-electron chi connectivity index (χ3n) is 5.74. The van der Waals surface area contributed by atoms with Crippen LogP contribution < -0.4 is 16.0 Å². The Bertz CT molecular complexity index is 616. The van der Waals surface area contributed by atoms with Crippen molar-refractivity contribution in [3.8, 4) is 5.88 Å². The molecule has 0 aliphatic heterocycles. The molecule has 0 bridgehead atoms. The number of rotatable bonds is 20. The molecular formula is C25H48N4O2. The minimum atomic E-state index is -0.00731. The molecule has 180 valence electrons. The van der Waals surface area contributed by atoms with Crippen molar-refractivity contribution in [3.63, 3.8) is 0 Å². The fourth-order valence-corrected chi connectivity index (χ4v) is 3.85. The average Bonchev–Trinajstić information content (AvgIpc) is 2.76. The molecule has 31 heavy (non-hydrogen) atoms. The van der Waals surface area contributed by atoms with Crippen molar-refractivity contribution in [1.29, 1.82) is 0 Å². The second-order valence-corrected chi connectivity index (χ2v) is 8.59. The molecule has 0 aliphatic carbocycles. The van der Waals surface area contributed by atoms with Gasteiger partial charge < -0.3 is 15.7 Å². The first-order valence-electron chi connectivity index (χ1n) is 12.9. The van der Waals surface area contributed by atoms with Crippen molar-refractivity contribution >= 4 is 5.95 Å². The molecule has 1 aromatic heterocycles. The maximum absolute atomic E-state index is 9.91. The fourth-order valence-electron chi connectivity index (χ4n) is 3.85. The molecule has 3 N–H and O–H groups in total. The first-order valence-corrected chi connectivity index (χ1v) is 12.9. The summed E-state index contributed by atoms with van der Waals surface area (Å²) in [6.07, 6.45) is 23.1. The lowest BCUT2D eigenvalue weighted by atomic mass is 10.0. The van der Waals surface area contributed by atoms with Crippen LogP contribution in [0.25, 0.3) is 0 Å². The normalized spacial score (nSPS) is 11.9. The van der Waals surface area contributed by atoms with E-state index in [0.717, 1.165) is 11.2 Å². The quantitative estimate of drug-likeness (QED) is 0.177. The molecule has 0 unspecified atom stereocenters. The van der Waals surface area contributed by atoms with Gasteiger partial charge in [-0.3, -0.25) is 4.99 Å². The van der Waals surface area contributed by atoms with Crippen LogP contribution in [0.4, 0.5) is 5.95 Å². The highest BCUT2D eigenvalue weighted by molar-refractivity contribution is 5.21. The van der Waals surface area contributed by atoms with Gasteiger partial charge >= 0.3 is 0 Å². The van der Waals surface area contributed by atoms with Crippen molar-refractivity contribution in [2.75, 3.05) is 18.9 Å². The van der Waals surface area contributed by atoms with E-state index in [9.17, 15) is 5.21 Å². The van der Waals surface area contributed by atoms with Crippen molar-refractivity contribution in [2.24, 2.45) is 4.99 Å². The largest absolute Gasteiger partial charge is 0.478 e. The van der Waals surface area contributed by atoms with Crippen LogP contribution in [0.1, 0.15) is 123 Å². The van der Waals surface area contributed by atoms with Crippen LogP contribution in [-0.4, -0.2) is 28.1 Å². The van der Waals surface area contributed by atoms with E-state index < -0.39 is 0 Å². The number of anilines is 1. The molecule has 0 aromatic carbocycles. The molecule has 0 saturated carbocycles. The first-order chi connectivity index (χ1) is 15.2. The van der Waals surface area contributed by atoms with E-state index in [4.69, 9.17) is 10.5 Å². The van der Waals surface area contributed by atoms with Crippen LogP contribution in [0, 0.1) is 0 Å². The van der Waals surface area contributed by atoms with Crippen LogP contribution in [0.5, 0.6) is 5.88 Å². The van der Waals surface area contributed by atoms with Gasteiger partial charge in [0.05, 0.1) is 6.61 Å². The third-order valence-corrected chi connectivity index (χ3v) is 5.74. The Balaban J connectivity index is 1.95. The Morgan fingerprint density at radius 1 is 0.806 bits per heavy atom. The Labute approximate surface area is 190 Å². The van der Waals surface area contributed by atoms with Gasteiger partial charge in [-0.25, -0.2) is 0 Å². The van der Waals surface area contributed by atoms with Crippen molar-refractivity contribution in [2.45, 2.75) is 123 Å². The van der Waals surface area contributed by atoms with Gasteiger partial charge in [0.25, 0.3) is 0 Å². The predicted octanol–water partition coefficient (Wildman–Crippen LogP) is 6.65. The highest BCUT2D eigenvalue weighted by Crippen LogP contribution is 2.14. The van der Waals surface area contributed by atoms with Crippen LogP contribution in [0.2, 0.25) is 0 Å². The molecule has 0 aliphatic rings. The number of unbranched alkanes of at least 4 members (excludes halogenated alkanes) is 16. The van der Waals surface area contributed by atoms with Crippen LogP contribution in [-0.2, 0) is 0 Å². The van der Waals surface area contributed by atoms with E-state index in [2.05, 4.69) is 16.9 Å². The number of nitrogens with zero attached hydrogens (tertiary/aromatic N) is 3. The summed E-state index contributed by atoms with van der Waals surface area (Å²) >= 11 is 0. The van der Waals surface area contributed by atoms with Crippen molar-refractivity contribution in [3.05, 3.63) is 11.6 Å². The number of nitrogens with two attached hydrogens (primary N) is 1. The van der Waals surface area contributed by atoms with Gasteiger partial charge in [0.2, 0.25) is 11.8 Å². The first kappa shape index (κ1) is 27.3. The monoisotopic (exact) mass is 436 g/mol. The Morgan fingerprint density at radius 3 is 1.71 bits per heavy atom. The van der Waals surface area contributed by atoms with E-state index in [-0.39, 0.29) is 5.95 Å². The molecular weight excluding hydrogens is 388 g/mol. The summed E-state index contributed by atoms with van der Waals surface area (Å²) in [5.74, 6) is 0.388. The standard InChI is InChI=1S/C25H48N4O2/c1-3-5-6-7-8-9-10-11-12-13-14-15-16-17-18-19-20-21-27-23-22-24(31-4-2)28-25(26)29(23)30/h22,30H,3-21H2,1-2H3,(H2,26,28). The zero-order valence-electron chi connectivity index (χ0n) is 20.3. The van der Waals surface area contributed by atoms with Crippen molar-refractivity contribution < 1.29 is 9.94 Å². The molecule has 1 aromatic rings. The van der Waals surface area contributed by atoms with Crippen LogP contribution in [0.3, 0.4) is 0 Å². The van der Waals surface area contributed by atoms with E-state index in [0.29, 0.717) is 24.5 Å². The van der Waals surface area contributed by atoms with E-state index >= 15 is 0 Å². The lowest BCUT2D eigenvalue weighted by Crippen LogP contribution is -2.23. The fraction of sp³-hybridized carbons (Fsp3) is 0.840. The number of hydrogen-bond acceptors (Lipinski definition) is 5. The maximum atomic E-state index is 9.91. The molecule has 0 radical (unpaired) electrons. The van der Waals surface area contributed by atoms with E-state index in [1.54, 1.807) is 6.07 Å². The molecule has 0 saturated heterocycles. The molecule has 1 heterocycles. The smallest absolute Gasteiger partial charge is 0.239 e. The SMILES string of the molecule is CCCCCCCCCCCCCCCCCCCN=c1cc(OCC)nc(N)n1O. The Kier molecular flexibility index (Phi) is 16.7. The second-order valence-electron chi connectivity index (χ2n) is 8.59. The van der Waals surface area contributed by atoms with Gasteiger partial charge in [-0.2, -0.15) is 4.98 Å². The summed E-state index contributed by atoms with van der Waals surface area (Å²) in [6, 6.07) is 1.62. The molecule has 0 fully saturated rings. The number of ether oxygens (including phenoxy) is 1. The van der Waals surface area contributed by atoms with Gasteiger partial charge in [0.1, 0.15) is 0 Å². The van der Waals surface area contributed by atoms with Gasteiger partial charge in [-0.1, -0.05) is 110 Å². The second kappa shape index (κ2) is 19.0. The number of aromatic nitrogens is 2. The van der Waals surface area contributed by atoms with Gasteiger partial charge in [-0.15, -0.1) is 4.73 Å². The molecule has 0 amide bonds. The lowest BCUT2D eigenvalue weighted by molar-refractivity contribution is 0.172. The van der Waals surface area contributed by atoms with Crippen LogP contribution in [0.15, 0.2) is 11.1 Å². The highest BCUT2D eigenvalue weighted by atomic mass is 16.5. The topological polar surface area (TPSA) is 85.7 Å². The zero-order chi connectivity index (χ0) is 22.6. The predicted molar refractivity (Wildman–Crippen MR) is 130 cm³/mol. The minimum Gasteiger partial charge on any atom is -0.478 e. The highest BCUT2D eigenvalue weighted by Gasteiger charge is 2.03. The van der Waals surface area contributed by atoms with Gasteiger partial charge in [0.15, 0.2) is 5.49 Å². The zero-order valence-corrected chi connectivity index (χ0v) is 20.3. The molecule has 6 nitrogen and oxygen atoms in total. The molecule has 1 rings (SSSR count).